The Balaban J connectivity index is 2.56. The topological polar surface area (TPSA) is 55.4 Å². The van der Waals surface area contributed by atoms with Crippen LogP contribution in [0.5, 0.6) is 0 Å². The van der Waals surface area contributed by atoms with E-state index in [0.29, 0.717) is 5.92 Å². The van der Waals surface area contributed by atoms with Crippen LogP contribution in [-0.2, 0) is 14.3 Å². The SMILES string of the molecule is CC[C@H](C)[C@H](NC(=O)[C@@H]1C[C@@H]1C)C(=O)OC. The number of ether oxygens (including phenoxy) is 1. The van der Waals surface area contributed by atoms with Gasteiger partial charge < -0.3 is 10.1 Å². The molecule has 1 fully saturated rings. The molecular weight excluding hydrogens is 206 g/mol. The van der Waals surface area contributed by atoms with Crippen molar-refractivity contribution in [2.75, 3.05) is 7.11 Å². The maximum absolute atomic E-state index is 11.7. The number of carbonyl (C=O) groups is 2. The quantitative estimate of drug-likeness (QED) is 0.721. The maximum atomic E-state index is 11.7. The lowest BCUT2D eigenvalue weighted by molar-refractivity contribution is -0.146. The lowest BCUT2D eigenvalue weighted by atomic mass is 9.99. The molecule has 0 aromatic carbocycles. The van der Waals surface area contributed by atoms with Gasteiger partial charge in [-0.3, -0.25) is 4.79 Å². The van der Waals surface area contributed by atoms with E-state index in [1.807, 2.05) is 20.8 Å². The molecule has 4 nitrogen and oxygen atoms in total. The molecule has 0 spiro atoms. The summed E-state index contributed by atoms with van der Waals surface area (Å²) in [6.07, 6.45) is 1.76. The fourth-order valence-corrected chi connectivity index (χ4v) is 1.74. The Morgan fingerprint density at radius 2 is 2.06 bits per heavy atom. The van der Waals surface area contributed by atoms with Crippen molar-refractivity contribution in [3.8, 4) is 0 Å². The first-order valence-corrected chi connectivity index (χ1v) is 5.89. The van der Waals surface area contributed by atoms with Gasteiger partial charge in [-0.25, -0.2) is 4.79 Å². The largest absolute Gasteiger partial charge is 0.467 e. The Bertz CT molecular complexity index is 277. The highest BCUT2D eigenvalue weighted by molar-refractivity contribution is 5.87. The van der Waals surface area contributed by atoms with Gasteiger partial charge in [-0.15, -0.1) is 0 Å². The van der Waals surface area contributed by atoms with Gasteiger partial charge in [0, 0.05) is 5.92 Å². The molecule has 4 heteroatoms. The van der Waals surface area contributed by atoms with E-state index in [2.05, 4.69) is 5.32 Å². The number of esters is 1. The Labute approximate surface area is 96.7 Å². The fourth-order valence-electron chi connectivity index (χ4n) is 1.74. The summed E-state index contributed by atoms with van der Waals surface area (Å²) in [5, 5.41) is 2.80. The van der Waals surface area contributed by atoms with Gasteiger partial charge in [0.15, 0.2) is 0 Å². The minimum absolute atomic E-state index is 0.0109. The van der Waals surface area contributed by atoms with Crippen molar-refractivity contribution in [1.82, 2.24) is 5.32 Å². The zero-order valence-electron chi connectivity index (χ0n) is 10.4. The molecule has 0 aliphatic heterocycles. The third-order valence-electron chi connectivity index (χ3n) is 3.41. The third kappa shape index (κ3) is 2.97. The molecular formula is C12H21NO3. The molecule has 1 aliphatic carbocycles. The van der Waals surface area contributed by atoms with Crippen molar-refractivity contribution < 1.29 is 14.3 Å². The van der Waals surface area contributed by atoms with Crippen LogP contribution < -0.4 is 5.32 Å². The van der Waals surface area contributed by atoms with E-state index < -0.39 is 6.04 Å². The monoisotopic (exact) mass is 227 g/mol. The maximum Gasteiger partial charge on any atom is 0.328 e. The van der Waals surface area contributed by atoms with Gasteiger partial charge in [0.2, 0.25) is 5.91 Å². The van der Waals surface area contributed by atoms with Gasteiger partial charge in [-0.1, -0.05) is 27.2 Å². The van der Waals surface area contributed by atoms with E-state index in [0.717, 1.165) is 12.8 Å². The third-order valence-corrected chi connectivity index (χ3v) is 3.41. The fraction of sp³-hybridized carbons (Fsp3) is 0.833. The summed E-state index contributed by atoms with van der Waals surface area (Å²) < 4.78 is 4.71. The standard InChI is InChI=1S/C12H21NO3/c1-5-7(2)10(12(15)16-4)13-11(14)9-6-8(9)3/h7-10H,5-6H2,1-4H3,(H,13,14)/t7-,8-,9+,10-/m0/s1. The van der Waals surface area contributed by atoms with Crippen molar-refractivity contribution in [2.45, 2.75) is 39.7 Å². The summed E-state index contributed by atoms with van der Waals surface area (Å²) in [6, 6.07) is -0.504. The van der Waals surface area contributed by atoms with Crippen LogP contribution in [0.25, 0.3) is 0 Å². The number of hydrogen-bond donors (Lipinski definition) is 1. The first-order valence-electron chi connectivity index (χ1n) is 5.89. The van der Waals surface area contributed by atoms with Gasteiger partial charge >= 0.3 is 5.97 Å². The van der Waals surface area contributed by atoms with E-state index in [9.17, 15) is 9.59 Å². The van der Waals surface area contributed by atoms with Crippen molar-refractivity contribution in [2.24, 2.45) is 17.8 Å². The summed E-state index contributed by atoms with van der Waals surface area (Å²) >= 11 is 0. The van der Waals surface area contributed by atoms with Crippen LogP contribution in [0.3, 0.4) is 0 Å². The predicted molar refractivity (Wildman–Crippen MR) is 60.7 cm³/mol. The van der Waals surface area contributed by atoms with E-state index in [1.165, 1.54) is 7.11 Å². The average molecular weight is 227 g/mol. The number of rotatable bonds is 5. The molecule has 1 rings (SSSR count). The van der Waals surface area contributed by atoms with Crippen LogP contribution >= 0.6 is 0 Å². The van der Waals surface area contributed by atoms with Gasteiger partial charge in [0.1, 0.15) is 6.04 Å². The summed E-state index contributed by atoms with van der Waals surface area (Å²) in [5.41, 5.74) is 0. The van der Waals surface area contributed by atoms with Crippen LogP contribution in [0.2, 0.25) is 0 Å². The van der Waals surface area contributed by atoms with Gasteiger partial charge in [-0.2, -0.15) is 0 Å². The Kier molecular flexibility index (Phi) is 4.33. The lowest BCUT2D eigenvalue weighted by Crippen LogP contribution is -2.46. The number of nitrogens with one attached hydrogen (secondary N) is 1. The molecule has 1 N–H and O–H groups in total. The molecule has 4 atom stereocenters. The molecule has 0 bridgehead atoms. The number of methoxy groups -OCH3 is 1. The normalized spacial score (nSPS) is 26.8. The highest BCUT2D eigenvalue weighted by Gasteiger charge is 2.41. The number of carbonyl (C=O) groups excluding carboxylic acids is 2. The minimum atomic E-state index is -0.504. The summed E-state index contributed by atoms with van der Waals surface area (Å²) in [6.45, 7) is 5.98. The van der Waals surface area contributed by atoms with E-state index in [4.69, 9.17) is 4.74 Å². The predicted octanol–water partition coefficient (Wildman–Crippen LogP) is 1.35. The van der Waals surface area contributed by atoms with E-state index in [-0.39, 0.29) is 23.7 Å². The molecule has 1 saturated carbocycles. The molecule has 1 amide bonds. The summed E-state index contributed by atoms with van der Waals surface area (Å²) in [4.78, 5) is 23.3. The molecule has 0 saturated heterocycles. The molecule has 0 radical (unpaired) electrons. The first-order chi connectivity index (χ1) is 7.51. The van der Waals surface area contributed by atoms with Crippen LogP contribution in [0.15, 0.2) is 0 Å². The van der Waals surface area contributed by atoms with Crippen LogP contribution in [0.1, 0.15) is 33.6 Å². The van der Waals surface area contributed by atoms with Gasteiger partial charge in [-0.05, 0) is 18.3 Å². The van der Waals surface area contributed by atoms with Crippen molar-refractivity contribution in [1.29, 1.82) is 0 Å². The summed E-state index contributed by atoms with van der Waals surface area (Å²) in [5.74, 6) is 0.288. The molecule has 0 heterocycles. The Morgan fingerprint density at radius 1 is 1.50 bits per heavy atom. The van der Waals surface area contributed by atoms with E-state index in [1.54, 1.807) is 0 Å². The van der Waals surface area contributed by atoms with Gasteiger partial charge in [0.25, 0.3) is 0 Å². The second-order valence-corrected chi connectivity index (χ2v) is 4.71. The zero-order chi connectivity index (χ0) is 12.3. The number of amides is 1. The van der Waals surface area contributed by atoms with Gasteiger partial charge in [0.05, 0.1) is 7.11 Å². The van der Waals surface area contributed by atoms with Crippen LogP contribution in [-0.4, -0.2) is 25.0 Å². The highest BCUT2D eigenvalue weighted by atomic mass is 16.5. The highest BCUT2D eigenvalue weighted by Crippen LogP contribution is 2.37. The number of hydrogen-bond acceptors (Lipinski definition) is 3. The van der Waals surface area contributed by atoms with Crippen molar-refractivity contribution >= 4 is 11.9 Å². The van der Waals surface area contributed by atoms with Crippen molar-refractivity contribution in [3.05, 3.63) is 0 Å². The Hall–Kier alpha value is -1.06. The molecule has 0 aromatic heterocycles. The second-order valence-electron chi connectivity index (χ2n) is 4.71. The molecule has 92 valence electrons. The molecule has 1 aliphatic rings. The minimum Gasteiger partial charge on any atom is -0.467 e. The van der Waals surface area contributed by atoms with Crippen molar-refractivity contribution in [3.63, 3.8) is 0 Å². The molecule has 0 unspecified atom stereocenters. The summed E-state index contributed by atoms with van der Waals surface area (Å²) in [7, 11) is 1.35. The van der Waals surface area contributed by atoms with Crippen LogP contribution in [0, 0.1) is 17.8 Å². The molecule has 16 heavy (non-hydrogen) atoms. The van der Waals surface area contributed by atoms with E-state index >= 15 is 0 Å². The average Bonchev–Trinajstić information content (AvgIpc) is 3.01. The smallest absolute Gasteiger partial charge is 0.328 e. The zero-order valence-corrected chi connectivity index (χ0v) is 10.4. The first kappa shape index (κ1) is 13.0. The molecule has 0 aromatic rings. The Morgan fingerprint density at radius 3 is 2.44 bits per heavy atom. The lowest BCUT2D eigenvalue weighted by Gasteiger charge is -2.21. The van der Waals surface area contributed by atoms with Crippen LogP contribution in [0.4, 0.5) is 0 Å². The second kappa shape index (κ2) is 5.32.